The summed E-state index contributed by atoms with van der Waals surface area (Å²) in [5.41, 5.74) is 3.57. The van der Waals surface area contributed by atoms with Crippen molar-refractivity contribution < 1.29 is 4.79 Å². The molecule has 0 saturated carbocycles. The molecule has 1 saturated heterocycles. The van der Waals surface area contributed by atoms with Gasteiger partial charge in [0, 0.05) is 31.8 Å². The SMILES string of the molecule is CC(=O)N1CC[C@H]1c1cc(N2CCCc3ccccc32)nc(C)n1. The van der Waals surface area contributed by atoms with Gasteiger partial charge in [0.2, 0.25) is 5.91 Å². The molecule has 0 aliphatic carbocycles. The Morgan fingerprint density at radius 1 is 1.21 bits per heavy atom. The highest BCUT2D eigenvalue weighted by molar-refractivity contribution is 5.75. The normalized spacial score (nSPS) is 19.7. The molecule has 1 aromatic heterocycles. The molecule has 0 spiro atoms. The maximum absolute atomic E-state index is 11.7. The van der Waals surface area contributed by atoms with E-state index in [1.54, 1.807) is 6.92 Å². The summed E-state index contributed by atoms with van der Waals surface area (Å²) in [6.07, 6.45) is 3.22. The molecule has 24 heavy (non-hydrogen) atoms. The van der Waals surface area contributed by atoms with Crippen molar-refractivity contribution >= 4 is 17.4 Å². The van der Waals surface area contributed by atoms with Crippen LogP contribution < -0.4 is 4.90 Å². The van der Waals surface area contributed by atoms with Crippen molar-refractivity contribution in [2.45, 2.75) is 39.2 Å². The van der Waals surface area contributed by atoms with Gasteiger partial charge in [-0.1, -0.05) is 18.2 Å². The smallest absolute Gasteiger partial charge is 0.220 e. The molecular formula is C19H22N4O. The second-order valence-corrected chi connectivity index (χ2v) is 6.60. The zero-order valence-electron chi connectivity index (χ0n) is 14.2. The summed E-state index contributed by atoms with van der Waals surface area (Å²) < 4.78 is 0. The third-order valence-corrected chi connectivity index (χ3v) is 5.00. The lowest BCUT2D eigenvalue weighted by Crippen LogP contribution is -2.44. The van der Waals surface area contributed by atoms with Gasteiger partial charge >= 0.3 is 0 Å². The Morgan fingerprint density at radius 3 is 2.79 bits per heavy atom. The first kappa shape index (κ1) is 15.1. The number of amides is 1. The molecule has 0 N–H and O–H groups in total. The average molecular weight is 322 g/mol. The molecule has 2 aliphatic heterocycles. The molecule has 0 radical (unpaired) electrons. The topological polar surface area (TPSA) is 49.3 Å². The molecule has 2 aromatic rings. The quantitative estimate of drug-likeness (QED) is 0.852. The van der Waals surface area contributed by atoms with Crippen molar-refractivity contribution in [3.8, 4) is 0 Å². The third kappa shape index (κ3) is 2.54. The second kappa shape index (κ2) is 5.89. The van der Waals surface area contributed by atoms with Crippen LogP contribution in [-0.4, -0.2) is 33.9 Å². The lowest BCUT2D eigenvalue weighted by molar-refractivity contribution is -0.136. The van der Waals surface area contributed by atoms with Gasteiger partial charge in [-0.3, -0.25) is 4.79 Å². The number of benzene rings is 1. The van der Waals surface area contributed by atoms with Crippen molar-refractivity contribution in [3.05, 3.63) is 47.4 Å². The van der Waals surface area contributed by atoms with Crippen LogP contribution in [0.15, 0.2) is 30.3 Å². The van der Waals surface area contributed by atoms with Crippen molar-refractivity contribution in [3.63, 3.8) is 0 Å². The summed E-state index contributed by atoms with van der Waals surface area (Å²) >= 11 is 0. The van der Waals surface area contributed by atoms with E-state index >= 15 is 0 Å². The Morgan fingerprint density at radius 2 is 2.04 bits per heavy atom. The Bertz CT molecular complexity index is 789. The second-order valence-electron chi connectivity index (χ2n) is 6.60. The van der Waals surface area contributed by atoms with Crippen LogP contribution in [-0.2, 0) is 11.2 Å². The Balaban J connectivity index is 1.71. The van der Waals surface area contributed by atoms with Gasteiger partial charge in [0.05, 0.1) is 11.7 Å². The number of aromatic nitrogens is 2. The number of hydrogen-bond donors (Lipinski definition) is 0. The first-order chi connectivity index (χ1) is 11.6. The zero-order valence-corrected chi connectivity index (χ0v) is 14.2. The number of anilines is 2. The fraction of sp³-hybridized carbons (Fsp3) is 0.421. The molecule has 124 valence electrons. The summed E-state index contributed by atoms with van der Waals surface area (Å²) in [4.78, 5) is 25.2. The molecule has 1 fully saturated rings. The van der Waals surface area contributed by atoms with Crippen LogP contribution in [0.5, 0.6) is 0 Å². The molecule has 2 aliphatic rings. The van der Waals surface area contributed by atoms with E-state index in [-0.39, 0.29) is 11.9 Å². The molecule has 1 aromatic carbocycles. The summed E-state index contributed by atoms with van der Waals surface area (Å²) in [5.74, 6) is 1.83. The minimum absolute atomic E-state index is 0.1000. The molecule has 0 unspecified atom stereocenters. The minimum atomic E-state index is 0.1000. The molecule has 3 heterocycles. The van der Waals surface area contributed by atoms with Crippen LogP contribution in [0.3, 0.4) is 0 Å². The lowest BCUT2D eigenvalue weighted by atomic mass is 9.98. The van der Waals surface area contributed by atoms with Crippen molar-refractivity contribution in [2.24, 2.45) is 0 Å². The summed E-state index contributed by atoms with van der Waals surface area (Å²) in [5, 5.41) is 0. The van der Waals surface area contributed by atoms with Gasteiger partial charge in [0.1, 0.15) is 11.6 Å². The number of hydrogen-bond acceptors (Lipinski definition) is 4. The van der Waals surface area contributed by atoms with Crippen molar-refractivity contribution in [2.75, 3.05) is 18.0 Å². The maximum atomic E-state index is 11.7. The number of fused-ring (bicyclic) bond motifs is 1. The number of rotatable bonds is 2. The van der Waals surface area contributed by atoms with Crippen molar-refractivity contribution in [1.82, 2.24) is 14.9 Å². The molecule has 1 amide bonds. The van der Waals surface area contributed by atoms with Gasteiger partial charge in [0.25, 0.3) is 0 Å². The molecule has 1 atom stereocenters. The highest BCUT2D eigenvalue weighted by atomic mass is 16.2. The maximum Gasteiger partial charge on any atom is 0.220 e. The standard InChI is InChI=1S/C19H22N4O/c1-13-20-16(18-9-11-22(18)14(2)24)12-19(21-13)23-10-5-7-15-6-3-4-8-17(15)23/h3-4,6,8,12,18H,5,7,9-11H2,1-2H3/t18-/m0/s1. The van der Waals surface area contributed by atoms with Gasteiger partial charge < -0.3 is 9.80 Å². The number of carbonyl (C=O) groups excluding carboxylic acids is 1. The monoisotopic (exact) mass is 322 g/mol. The predicted octanol–water partition coefficient (Wildman–Crippen LogP) is 3.16. The number of aryl methyl sites for hydroxylation is 2. The van der Waals surface area contributed by atoms with Gasteiger partial charge in [-0.15, -0.1) is 0 Å². The highest BCUT2D eigenvalue weighted by Crippen LogP contribution is 2.36. The fourth-order valence-electron chi connectivity index (χ4n) is 3.73. The van der Waals surface area contributed by atoms with Crippen LogP contribution in [0.2, 0.25) is 0 Å². The fourth-order valence-corrected chi connectivity index (χ4v) is 3.73. The Kier molecular flexibility index (Phi) is 3.71. The predicted molar refractivity (Wildman–Crippen MR) is 93.3 cm³/mol. The summed E-state index contributed by atoms with van der Waals surface area (Å²) in [6.45, 7) is 5.35. The van der Waals surface area contributed by atoms with E-state index in [9.17, 15) is 4.79 Å². The van der Waals surface area contributed by atoms with Crippen LogP contribution >= 0.6 is 0 Å². The van der Waals surface area contributed by atoms with Crippen LogP contribution in [0.25, 0.3) is 0 Å². The minimum Gasteiger partial charge on any atom is -0.334 e. The Labute approximate surface area is 142 Å². The van der Waals surface area contributed by atoms with Gasteiger partial charge in [-0.2, -0.15) is 0 Å². The largest absolute Gasteiger partial charge is 0.334 e. The number of para-hydroxylation sites is 1. The molecule has 0 bridgehead atoms. The highest BCUT2D eigenvalue weighted by Gasteiger charge is 2.33. The van der Waals surface area contributed by atoms with E-state index in [0.717, 1.165) is 49.7 Å². The molecular weight excluding hydrogens is 300 g/mol. The van der Waals surface area contributed by atoms with Gasteiger partial charge in [-0.05, 0) is 37.8 Å². The van der Waals surface area contributed by atoms with E-state index in [1.807, 2.05) is 11.8 Å². The van der Waals surface area contributed by atoms with Crippen LogP contribution in [0.4, 0.5) is 11.5 Å². The lowest BCUT2D eigenvalue weighted by Gasteiger charge is -2.40. The van der Waals surface area contributed by atoms with Gasteiger partial charge in [-0.25, -0.2) is 9.97 Å². The van der Waals surface area contributed by atoms with E-state index in [4.69, 9.17) is 0 Å². The Hall–Kier alpha value is -2.43. The van der Waals surface area contributed by atoms with Crippen molar-refractivity contribution in [1.29, 1.82) is 0 Å². The number of likely N-dealkylation sites (tertiary alicyclic amines) is 1. The van der Waals surface area contributed by atoms with Crippen LogP contribution in [0, 0.1) is 6.92 Å². The molecule has 5 nitrogen and oxygen atoms in total. The summed E-state index contributed by atoms with van der Waals surface area (Å²) in [6, 6.07) is 10.7. The zero-order chi connectivity index (χ0) is 16.7. The first-order valence-corrected chi connectivity index (χ1v) is 8.62. The van der Waals surface area contributed by atoms with Gasteiger partial charge in [0.15, 0.2) is 0 Å². The van der Waals surface area contributed by atoms with E-state index in [1.165, 1.54) is 11.3 Å². The average Bonchev–Trinajstić information content (AvgIpc) is 2.52. The number of nitrogens with zero attached hydrogens (tertiary/aromatic N) is 4. The number of carbonyl (C=O) groups is 1. The van der Waals surface area contributed by atoms with E-state index < -0.39 is 0 Å². The molecule has 4 rings (SSSR count). The van der Waals surface area contributed by atoms with E-state index in [2.05, 4.69) is 45.2 Å². The third-order valence-electron chi connectivity index (χ3n) is 5.00. The first-order valence-electron chi connectivity index (χ1n) is 8.62. The summed E-state index contributed by atoms with van der Waals surface area (Å²) in [7, 11) is 0. The van der Waals surface area contributed by atoms with Crippen LogP contribution in [0.1, 0.15) is 42.9 Å². The molecule has 5 heteroatoms. The van der Waals surface area contributed by atoms with E-state index in [0.29, 0.717) is 0 Å².